The summed E-state index contributed by atoms with van der Waals surface area (Å²) >= 11 is 0. The lowest BCUT2D eigenvalue weighted by Crippen LogP contribution is -2.45. The summed E-state index contributed by atoms with van der Waals surface area (Å²) in [5.41, 5.74) is -4.10. The average molecular weight is 532 g/mol. The van der Waals surface area contributed by atoms with Crippen LogP contribution in [0.4, 0.5) is 18.0 Å². The molecule has 3 atom stereocenters. The molecule has 3 unspecified atom stereocenters. The van der Waals surface area contributed by atoms with E-state index in [-0.39, 0.29) is 12.2 Å². The number of aliphatic hydroxyl groups is 1. The second-order valence-electron chi connectivity index (χ2n) is 8.93. The van der Waals surface area contributed by atoms with Gasteiger partial charge in [0.2, 0.25) is 5.60 Å². The maximum absolute atomic E-state index is 13.8. The van der Waals surface area contributed by atoms with Gasteiger partial charge in [-0.25, -0.2) is 9.59 Å². The van der Waals surface area contributed by atoms with Gasteiger partial charge in [-0.15, -0.1) is 0 Å². The number of hydrogen-bond acceptors (Lipinski definition) is 7. The lowest BCUT2D eigenvalue weighted by atomic mass is 9.96. The zero-order valence-electron chi connectivity index (χ0n) is 19.9. The molecule has 1 amide bonds. The Hall–Kier alpha value is -3.06. The predicted octanol–water partition coefficient (Wildman–Crippen LogP) is 3.40. The van der Waals surface area contributed by atoms with Gasteiger partial charge in [-0.05, 0) is 27.2 Å². The molecule has 0 fully saturated rings. The monoisotopic (exact) mass is 531 g/mol. The van der Waals surface area contributed by atoms with Gasteiger partial charge in [-0.1, -0.05) is 30.3 Å². The fraction of sp³-hybridized carbons (Fsp3) is 0.478. The van der Waals surface area contributed by atoms with Gasteiger partial charge in [0, 0.05) is 34.3 Å². The first-order valence-corrected chi connectivity index (χ1v) is 12.4. The summed E-state index contributed by atoms with van der Waals surface area (Å²) in [6.45, 7) is 4.75. The van der Waals surface area contributed by atoms with Gasteiger partial charge in [-0.2, -0.15) is 13.2 Å². The van der Waals surface area contributed by atoms with Crippen molar-refractivity contribution in [3.8, 4) is 11.3 Å². The van der Waals surface area contributed by atoms with Crippen molar-refractivity contribution in [2.75, 3.05) is 11.5 Å². The Bertz CT molecular complexity index is 1060. The SMILES string of the molecule is CC(C)(C)OC(=O)NC(CCS(=O)CCC(O)(c1cnc(-c2ccccc2)cn1)C(F)(F)F)C(=O)O. The number of ether oxygens (including phenoxy) is 1. The lowest BCUT2D eigenvalue weighted by Gasteiger charge is -2.29. The Morgan fingerprint density at radius 1 is 1.08 bits per heavy atom. The molecule has 9 nitrogen and oxygen atoms in total. The van der Waals surface area contributed by atoms with Crippen LogP contribution in [-0.4, -0.2) is 65.8 Å². The third-order valence-corrected chi connectivity index (χ3v) is 6.28. The maximum atomic E-state index is 13.8. The quantitative estimate of drug-likeness (QED) is 0.424. The number of alkyl carbamates (subject to hydrolysis) is 1. The topological polar surface area (TPSA) is 139 Å². The number of aromatic nitrogens is 2. The highest BCUT2D eigenvalue weighted by Crippen LogP contribution is 2.41. The number of carboxylic acid groups (broad SMARTS) is 1. The van der Waals surface area contributed by atoms with E-state index < -0.39 is 64.1 Å². The fourth-order valence-corrected chi connectivity index (χ4v) is 4.26. The molecule has 0 saturated carbocycles. The van der Waals surface area contributed by atoms with E-state index in [1.165, 1.54) is 0 Å². The highest BCUT2D eigenvalue weighted by Gasteiger charge is 2.56. The van der Waals surface area contributed by atoms with Crippen molar-refractivity contribution >= 4 is 22.9 Å². The molecule has 0 aliphatic carbocycles. The molecule has 36 heavy (non-hydrogen) atoms. The van der Waals surface area contributed by atoms with Crippen LogP contribution in [0.1, 0.15) is 39.3 Å². The number of nitrogens with zero attached hydrogens (tertiary/aromatic N) is 2. The van der Waals surface area contributed by atoms with E-state index in [1.54, 1.807) is 51.1 Å². The Balaban J connectivity index is 2.05. The zero-order valence-corrected chi connectivity index (χ0v) is 20.7. The number of alkyl halides is 3. The van der Waals surface area contributed by atoms with Gasteiger partial charge in [0.15, 0.2) is 0 Å². The average Bonchev–Trinajstić information content (AvgIpc) is 2.78. The number of carboxylic acids is 1. The van der Waals surface area contributed by atoms with Crippen LogP contribution >= 0.6 is 0 Å². The largest absolute Gasteiger partial charge is 0.480 e. The molecule has 1 heterocycles. The predicted molar refractivity (Wildman–Crippen MR) is 125 cm³/mol. The highest BCUT2D eigenvalue weighted by molar-refractivity contribution is 7.84. The molecule has 198 valence electrons. The first kappa shape index (κ1) is 29.2. The van der Waals surface area contributed by atoms with Gasteiger partial charge in [-0.3, -0.25) is 14.2 Å². The minimum Gasteiger partial charge on any atom is -0.480 e. The number of halogens is 3. The summed E-state index contributed by atoms with van der Waals surface area (Å²) in [5, 5.41) is 21.9. The third kappa shape index (κ3) is 8.26. The van der Waals surface area contributed by atoms with Gasteiger partial charge < -0.3 is 20.3 Å². The van der Waals surface area contributed by atoms with E-state index in [0.717, 1.165) is 12.4 Å². The zero-order chi connectivity index (χ0) is 27.1. The summed E-state index contributed by atoms with van der Waals surface area (Å²) in [7, 11) is -1.94. The minimum atomic E-state index is -5.14. The van der Waals surface area contributed by atoms with Crippen LogP contribution in [-0.2, 0) is 25.9 Å². The summed E-state index contributed by atoms with van der Waals surface area (Å²) in [6.07, 6.45) is -5.51. The smallest absolute Gasteiger partial charge is 0.423 e. The molecule has 1 aromatic heterocycles. The molecule has 0 radical (unpaired) electrons. The highest BCUT2D eigenvalue weighted by atomic mass is 32.2. The molecule has 0 saturated heterocycles. The molecule has 2 aromatic rings. The van der Waals surface area contributed by atoms with Crippen LogP contribution in [0.3, 0.4) is 0 Å². The van der Waals surface area contributed by atoms with E-state index in [1.807, 2.05) is 0 Å². The molecular formula is C23H28F3N3O6S. The molecule has 0 spiro atoms. The first-order valence-electron chi connectivity index (χ1n) is 10.9. The Morgan fingerprint density at radius 3 is 2.22 bits per heavy atom. The van der Waals surface area contributed by atoms with Crippen molar-refractivity contribution in [3.63, 3.8) is 0 Å². The van der Waals surface area contributed by atoms with Crippen molar-refractivity contribution in [2.45, 2.75) is 57.0 Å². The van der Waals surface area contributed by atoms with E-state index in [0.29, 0.717) is 11.3 Å². The number of rotatable bonds is 10. The van der Waals surface area contributed by atoms with E-state index >= 15 is 0 Å². The number of amides is 1. The summed E-state index contributed by atoms with van der Waals surface area (Å²) < 4.78 is 58.8. The van der Waals surface area contributed by atoms with Crippen LogP contribution in [0.5, 0.6) is 0 Å². The van der Waals surface area contributed by atoms with Crippen LogP contribution in [0.25, 0.3) is 11.3 Å². The summed E-state index contributed by atoms with van der Waals surface area (Å²) in [4.78, 5) is 30.9. The molecule has 0 bridgehead atoms. The van der Waals surface area contributed by atoms with Crippen LogP contribution < -0.4 is 5.32 Å². The van der Waals surface area contributed by atoms with Gasteiger partial charge >= 0.3 is 18.2 Å². The standard InChI is InChI=1S/C23H28F3N3O6S/c1-21(2,3)35-20(32)29-16(19(30)31)9-11-36(34)12-10-22(33,23(24,25)26)18-14-27-17(13-28-18)15-7-5-4-6-8-15/h4-8,13-14,16,33H,9-12H2,1-3H3,(H,29,32)(H,30,31). The van der Waals surface area contributed by atoms with E-state index in [9.17, 15) is 37.2 Å². The third-order valence-electron chi connectivity index (χ3n) is 4.93. The number of carbonyl (C=O) groups excluding carboxylic acids is 1. The van der Waals surface area contributed by atoms with Crippen molar-refractivity contribution in [1.29, 1.82) is 0 Å². The normalized spacial score (nSPS) is 15.4. The maximum Gasteiger partial charge on any atom is 0.423 e. The second-order valence-corrected chi connectivity index (χ2v) is 10.6. The van der Waals surface area contributed by atoms with Crippen LogP contribution in [0.15, 0.2) is 42.7 Å². The number of benzene rings is 1. The van der Waals surface area contributed by atoms with Crippen molar-refractivity contribution in [2.24, 2.45) is 0 Å². The van der Waals surface area contributed by atoms with Crippen molar-refractivity contribution in [1.82, 2.24) is 15.3 Å². The Kier molecular flexibility index (Phi) is 9.55. The van der Waals surface area contributed by atoms with Gasteiger partial charge in [0.25, 0.3) is 0 Å². The molecule has 0 aliphatic heterocycles. The minimum absolute atomic E-state index is 0.310. The molecule has 2 rings (SSSR count). The fourth-order valence-electron chi connectivity index (χ4n) is 3.03. The second kappa shape index (κ2) is 11.8. The number of hydrogen-bond donors (Lipinski definition) is 3. The van der Waals surface area contributed by atoms with Crippen LogP contribution in [0, 0.1) is 0 Å². The van der Waals surface area contributed by atoms with Gasteiger partial charge in [0.1, 0.15) is 11.6 Å². The summed E-state index contributed by atoms with van der Waals surface area (Å²) in [6, 6.07) is 7.16. The number of carbonyl (C=O) groups is 2. The van der Waals surface area contributed by atoms with E-state index in [4.69, 9.17) is 4.74 Å². The van der Waals surface area contributed by atoms with Crippen LogP contribution in [0.2, 0.25) is 0 Å². The lowest BCUT2D eigenvalue weighted by molar-refractivity contribution is -0.269. The van der Waals surface area contributed by atoms with E-state index in [2.05, 4.69) is 15.3 Å². The Labute approximate surface area is 208 Å². The molecule has 3 N–H and O–H groups in total. The molecule has 13 heteroatoms. The summed E-state index contributed by atoms with van der Waals surface area (Å²) in [5.74, 6) is -2.35. The number of nitrogens with one attached hydrogen (secondary N) is 1. The Morgan fingerprint density at radius 2 is 1.72 bits per heavy atom. The van der Waals surface area contributed by atoms with Crippen molar-refractivity contribution < 1.29 is 41.9 Å². The molecular weight excluding hydrogens is 503 g/mol. The molecule has 1 aromatic carbocycles. The van der Waals surface area contributed by atoms with Crippen molar-refractivity contribution in [3.05, 3.63) is 48.4 Å². The van der Waals surface area contributed by atoms with Gasteiger partial charge in [0.05, 0.1) is 23.8 Å². The molecule has 0 aliphatic rings. The first-order chi connectivity index (χ1) is 16.6. The number of aliphatic carboxylic acids is 1.